The van der Waals surface area contributed by atoms with Crippen LogP contribution in [0, 0.1) is 5.41 Å². The van der Waals surface area contributed by atoms with Crippen LogP contribution in [-0.2, 0) is 9.59 Å². The summed E-state index contributed by atoms with van der Waals surface area (Å²) in [6, 6.07) is 4.87. The summed E-state index contributed by atoms with van der Waals surface area (Å²) < 4.78 is 0.704. The van der Waals surface area contributed by atoms with Crippen LogP contribution in [0.2, 0.25) is 0 Å². The first-order valence-electron chi connectivity index (χ1n) is 8.82. The Bertz CT molecular complexity index is 823. The van der Waals surface area contributed by atoms with Crippen molar-refractivity contribution in [2.75, 3.05) is 32.7 Å². The predicted molar refractivity (Wildman–Crippen MR) is 102 cm³/mol. The summed E-state index contributed by atoms with van der Waals surface area (Å²) >= 11 is 3.29. The van der Waals surface area contributed by atoms with Gasteiger partial charge in [0.05, 0.1) is 11.1 Å². The van der Waals surface area contributed by atoms with E-state index < -0.39 is 17.2 Å². The van der Waals surface area contributed by atoms with Crippen LogP contribution in [0.15, 0.2) is 22.7 Å². The van der Waals surface area contributed by atoms with Gasteiger partial charge in [-0.3, -0.25) is 24.1 Å². The average Bonchev–Trinajstić information content (AvgIpc) is 2.84. The summed E-state index contributed by atoms with van der Waals surface area (Å²) in [5.74, 6) is -1.13. The molecule has 8 heteroatoms. The molecule has 4 amide bonds. The van der Waals surface area contributed by atoms with E-state index in [1.165, 1.54) is 0 Å². The van der Waals surface area contributed by atoms with Crippen molar-refractivity contribution in [2.45, 2.75) is 20.8 Å². The van der Waals surface area contributed by atoms with Crippen molar-refractivity contribution in [3.63, 3.8) is 0 Å². The molecular weight excluding hydrogens is 414 g/mol. The highest BCUT2D eigenvalue weighted by Gasteiger charge is 2.38. The van der Waals surface area contributed by atoms with Gasteiger partial charge in [-0.15, -0.1) is 0 Å². The third kappa shape index (κ3) is 3.76. The van der Waals surface area contributed by atoms with Crippen LogP contribution >= 0.6 is 15.9 Å². The van der Waals surface area contributed by atoms with Gasteiger partial charge in [-0.2, -0.15) is 0 Å². The van der Waals surface area contributed by atoms with E-state index in [0.717, 1.165) is 4.90 Å². The van der Waals surface area contributed by atoms with Gasteiger partial charge in [-0.1, -0.05) is 36.7 Å². The fourth-order valence-electron chi connectivity index (χ4n) is 3.28. The predicted octanol–water partition coefficient (Wildman–Crippen LogP) is 1.76. The van der Waals surface area contributed by atoms with Crippen molar-refractivity contribution in [3.05, 3.63) is 33.8 Å². The van der Waals surface area contributed by atoms with E-state index >= 15 is 0 Å². The number of benzene rings is 1. The number of piperazine rings is 1. The zero-order chi connectivity index (χ0) is 19.9. The fourth-order valence-corrected chi connectivity index (χ4v) is 3.64. The number of hydrogen-bond donors (Lipinski definition) is 0. The highest BCUT2D eigenvalue weighted by Crippen LogP contribution is 2.26. The van der Waals surface area contributed by atoms with Crippen LogP contribution in [0.1, 0.15) is 41.5 Å². The molecule has 1 saturated heterocycles. The van der Waals surface area contributed by atoms with E-state index in [0.29, 0.717) is 41.8 Å². The molecule has 144 valence electrons. The minimum Gasteiger partial charge on any atom is -0.339 e. The third-order valence-electron chi connectivity index (χ3n) is 4.79. The molecule has 0 saturated carbocycles. The Labute approximate surface area is 166 Å². The monoisotopic (exact) mass is 435 g/mol. The fraction of sp³-hybridized carbons (Fsp3) is 0.474. The number of hydrogen-bond acceptors (Lipinski definition) is 4. The molecule has 0 aliphatic carbocycles. The summed E-state index contributed by atoms with van der Waals surface area (Å²) in [5.41, 5.74) is 0.167. The Morgan fingerprint density at radius 1 is 0.963 bits per heavy atom. The molecule has 1 aromatic rings. The normalized spacial score (nSPS) is 17.4. The SMILES string of the molecule is CC(C)(C)C(=O)N1CCN(C(=O)CN2C(=O)c3ccc(Br)cc3C2=O)CC1. The van der Waals surface area contributed by atoms with Crippen LogP contribution < -0.4 is 0 Å². The second-order valence-corrected chi connectivity index (χ2v) is 8.73. The number of fused-ring (bicyclic) bond motifs is 1. The van der Waals surface area contributed by atoms with Crippen LogP contribution in [0.25, 0.3) is 0 Å². The van der Waals surface area contributed by atoms with Crippen LogP contribution in [-0.4, -0.2) is 71.1 Å². The van der Waals surface area contributed by atoms with Crippen LogP contribution in [0.4, 0.5) is 0 Å². The smallest absolute Gasteiger partial charge is 0.262 e. The van der Waals surface area contributed by atoms with Gasteiger partial charge in [0.2, 0.25) is 11.8 Å². The number of carbonyl (C=O) groups excluding carboxylic acids is 4. The van der Waals surface area contributed by atoms with Crippen molar-refractivity contribution in [3.8, 4) is 0 Å². The summed E-state index contributed by atoms with van der Waals surface area (Å²) in [5, 5.41) is 0. The lowest BCUT2D eigenvalue weighted by Crippen LogP contribution is -2.54. The maximum absolute atomic E-state index is 12.6. The third-order valence-corrected chi connectivity index (χ3v) is 5.28. The summed E-state index contributed by atoms with van der Waals surface area (Å²) in [7, 11) is 0. The van der Waals surface area contributed by atoms with Crippen molar-refractivity contribution in [1.29, 1.82) is 0 Å². The minimum absolute atomic E-state index is 0.0560. The van der Waals surface area contributed by atoms with Crippen LogP contribution in [0.5, 0.6) is 0 Å². The number of amides is 4. The molecule has 0 unspecified atom stereocenters. The van der Waals surface area contributed by atoms with E-state index in [9.17, 15) is 19.2 Å². The topological polar surface area (TPSA) is 78.0 Å². The molecule has 7 nitrogen and oxygen atoms in total. The second kappa shape index (κ2) is 7.07. The van der Waals surface area contributed by atoms with Gasteiger partial charge >= 0.3 is 0 Å². The van der Waals surface area contributed by atoms with Crippen molar-refractivity contribution in [1.82, 2.24) is 14.7 Å². The van der Waals surface area contributed by atoms with E-state index in [2.05, 4.69) is 15.9 Å². The lowest BCUT2D eigenvalue weighted by atomic mass is 9.94. The van der Waals surface area contributed by atoms with Gasteiger partial charge in [-0.05, 0) is 18.2 Å². The molecule has 0 bridgehead atoms. The maximum Gasteiger partial charge on any atom is 0.262 e. The summed E-state index contributed by atoms with van der Waals surface area (Å²) in [6.07, 6.45) is 0. The van der Waals surface area contributed by atoms with Crippen LogP contribution in [0.3, 0.4) is 0 Å². The second-order valence-electron chi connectivity index (χ2n) is 7.81. The molecule has 2 heterocycles. The van der Waals surface area contributed by atoms with Gasteiger partial charge in [0, 0.05) is 36.1 Å². The van der Waals surface area contributed by atoms with Gasteiger partial charge in [0.1, 0.15) is 6.54 Å². The molecule has 0 N–H and O–H groups in total. The number of carbonyl (C=O) groups is 4. The molecular formula is C19H22BrN3O4. The van der Waals surface area contributed by atoms with Gasteiger partial charge in [0.25, 0.3) is 11.8 Å². The summed E-state index contributed by atoms with van der Waals surface area (Å²) in [4.78, 5) is 54.2. The molecule has 0 atom stereocenters. The highest BCUT2D eigenvalue weighted by atomic mass is 79.9. The molecule has 2 aliphatic heterocycles. The zero-order valence-electron chi connectivity index (χ0n) is 15.6. The first-order chi connectivity index (χ1) is 12.6. The Morgan fingerprint density at radius 2 is 1.52 bits per heavy atom. The molecule has 2 aliphatic rings. The Kier molecular flexibility index (Phi) is 5.12. The number of halogens is 1. The summed E-state index contributed by atoms with van der Waals surface area (Å²) in [6.45, 7) is 7.03. The largest absolute Gasteiger partial charge is 0.339 e. The number of imide groups is 1. The molecule has 0 spiro atoms. The molecule has 3 rings (SSSR count). The van der Waals surface area contributed by atoms with E-state index in [4.69, 9.17) is 0 Å². The Morgan fingerprint density at radius 3 is 2.11 bits per heavy atom. The first-order valence-corrected chi connectivity index (χ1v) is 9.62. The van der Waals surface area contributed by atoms with Crippen molar-refractivity contribution >= 4 is 39.6 Å². The average molecular weight is 436 g/mol. The lowest BCUT2D eigenvalue weighted by molar-refractivity contribution is -0.144. The highest BCUT2D eigenvalue weighted by molar-refractivity contribution is 9.10. The number of rotatable bonds is 2. The van der Waals surface area contributed by atoms with E-state index in [-0.39, 0.29) is 18.4 Å². The molecule has 0 aromatic heterocycles. The molecule has 27 heavy (non-hydrogen) atoms. The van der Waals surface area contributed by atoms with Gasteiger partial charge in [-0.25, -0.2) is 0 Å². The first kappa shape index (κ1) is 19.5. The lowest BCUT2D eigenvalue weighted by Gasteiger charge is -2.38. The zero-order valence-corrected chi connectivity index (χ0v) is 17.2. The molecule has 1 fully saturated rings. The Hall–Kier alpha value is -2.22. The maximum atomic E-state index is 12.6. The van der Waals surface area contributed by atoms with E-state index in [1.807, 2.05) is 20.8 Å². The quantitative estimate of drug-likeness (QED) is 0.663. The standard InChI is InChI=1S/C19H22BrN3O4/c1-19(2,3)18(27)22-8-6-21(7-9-22)15(24)11-23-16(25)13-5-4-12(20)10-14(13)17(23)26/h4-5,10H,6-9,11H2,1-3H3. The van der Waals surface area contributed by atoms with Gasteiger partial charge in [0.15, 0.2) is 0 Å². The van der Waals surface area contributed by atoms with Crippen molar-refractivity contribution < 1.29 is 19.2 Å². The van der Waals surface area contributed by atoms with E-state index in [1.54, 1.807) is 28.0 Å². The van der Waals surface area contributed by atoms with Gasteiger partial charge < -0.3 is 9.80 Å². The Balaban J connectivity index is 1.62. The number of nitrogens with zero attached hydrogens (tertiary/aromatic N) is 3. The molecule has 1 aromatic carbocycles. The molecule has 0 radical (unpaired) electrons. The van der Waals surface area contributed by atoms with Crippen molar-refractivity contribution in [2.24, 2.45) is 5.41 Å². The minimum atomic E-state index is -0.458.